The largest absolute Gasteiger partial charge is 0.306 e. The summed E-state index contributed by atoms with van der Waals surface area (Å²) in [5.41, 5.74) is 1.25. The van der Waals surface area contributed by atoms with E-state index in [1.54, 1.807) is 11.3 Å². The molecule has 1 aliphatic carbocycles. The lowest BCUT2D eigenvalue weighted by molar-refractivity contribution is 0.225. The molecule has 2 rings (SSSR count). The number of aryl methyl sites for hydroxylation is 2. The van der Waals surface area contributed by atoms with Crippen LogP contribution in [-0.2, 0) is 0 Å². The molecular formula is C12H20N2S. The molecule has 0 spiro atoms. The topological polar surface area (TPSA) is 24.9 Å². The Balaban J connectivity index is 1.95. The molecule has 0 radical (unpaired) electrons. The predicted octanol–water partition coefficient (Wildman–Crippen LogP) is 3.21. The number of rotatable bonds is 3. The first-order chi connectivity index (χ1) is 7.06. The zero-order chi connectivity index (χ0) is 11.0. The van der Waals surface area contributed by atoms with Gasteiger partial charge in [-0.2, -0.15) is 0 Å². The smallest absolute Gasteiger partial charge is 0.0900 e. The summed E-state index contributed by atoms with van der Waals surface area (Å²) in [7, 11) is 0. The van der Waals surface area contributed by atoms with Crippen LogP contribution in [0.2, 0.25) is 0 Å². The SMILES string of the molecule is Cc1nc(C(C)NC2CC(C)C2)c(C)s1. The van der Waals surface area contributed by atoms with E-state index in [2.05, 4.69) is 38.0 Å². The van der Waals surface area contributed by atoms with E-state index in [-0.39, 0.29) is 0 Å². The first kappa shape index (κ1) is 11.1. The zero-order valence-electron chi connectivity index (χ0n) is 10.0. The Morgan fingerprint density at radius 2 is 2.07 bits per heavy atom. The van der Waals surface area contributed by atoms with Crippen LogP contribution in [0.4, 0.5) is 0 Å². The van der Waals surface area contributed by atoms with E-state index in [0.29, 0.717) is 6.04 Å². The predicted molar refractivity (Wildman–Crippen MR) is 65.3 cm³/mol. The summed E-state index contributed by atoms with van der Waals surface area (Å²) >= 11 is 1.80. The molecule has 0 bridgehead atoms. The third kappa shape index (κ3) is 2.40. The van der Waals surface area contributed by atoms with Gasteiger partial charge in [0.25, 0.3) is 0 Å². The summed E-state index contributed by atoms with van der Waals surface area (Å²) in [6.07, 6.45) is 2.65. The monoisotopic (exact) mass is 224 g/mol. The van der Waals surface area contributed by atoms with Crippen molar-refractivity contribution in [2.75, 3.05) is 0 Å². The maximum Gasteiger partial charge on any atom is 0.0900 e. The standard InChI is InChI=1S/C12H20N2S/c1-7-5-11(6-7)13-8(2)12-9(3)15-10(4)14-12/h7-8,11,13H,5-6H2,1-4H3. The van der Waals surface area contributed by atoms with Crippen LogP contribution in [0.15, 0.2) is 0 Å². The second-order valence-corrected chi connectivity index (χ2v) is 6.24. The Hall–Kier alpha value is -0.410. The van der Waals surface area contributed by atoms with Gasteiger partial charge in [0.2, 0.25) is 0 Å². The molecule has 1 saturated carbocycles. The van der Waals surface area contributed by atoms with E-state index < -0.39 is 0 Å². The average molecular weight is 224 g/mol. The van der Waals surface area contributed by atoms with Crippen LogP contribution in [0, 0.1) is 19.8 Å². The number of nitrogens with zero attached hydrogens (tertiary/aromatic N) is 1. The van der Waals surface area contributed by atoms with Crippen molar-refractivity contribution in [3.05, 3.63) is 15.6 Å². The summed E-state index contributed by atoms with van der Waals surface area (Å²) in [6, 6.07) is 1.13. The lowest BCUT2D eigenvalue weighted by Gasteiger charge is -2.35. The summed E-state index contributed by atoms with van der Waals surface area (Å²) < 4.78 is 0. The van der Waals surface area contributed by atoms with E-state index in [0.717, 1.165) is 12.0 Å². The van der Waals surface area contributed by atoms with Crippen LogP contribution in [0.25, 0.3) is 0 Å². The minimum absolute atomic E-state index is 0.410. The Morgan fingerprint density at radius 3 is 2.53 bits per heavy atom. The fourth-order valence-corrected chi connectivity index (χ4v) is 3.33. The third-order valence-corrected chi connectivity index (χ3v) is 4.11. The molecule has 1 heterocycles. The highest BCUT2D eigenvalue weighted by Crippen LogP contribution is 2.30. The molecule has 1 unspecified atom stereocenters. The molecule has 1 aromatic rings. The number of hydrogen-bond acceptors (Lipinski definition) is 3. The molecule has 84 valence electrons. The van der Waals surface area contributed by atoms with Crippen LogP contribution in [-0.4, -0.2) is 11.0 Å². The van der Waals surface area contributed by atoms with Gasteiger partial charge in [0.05, 0.1) is 10.7 Å². The van der Waals surface area contributed by atoms with E-state index >= 15 is 0 Å². The van der Waals surface area contributed by atoms with Crippen molar-refractivity contribution in [3.63, 3.8) is 0 Å². The Morgan fingerprint density at radius 1 is 1.40 bits per heavy atom. The number of aromatic nitrogens is 1. The normalized spacial score (nSPS) is 27.5. The maximum atomic E-state index is 4.60. The Labute approximate surface area is 96.1 Å². The zero-order valence-corrected chi connectivity index (χ0v) is 10.8. The van der Waals surface area contributed by atoms with Crippen molar-refractivity contribution in [2.45, 2.75) is 52.6 Å². The molecule has 1 fully saturated rings. The van der Waals surface area contributed by atoms with Gasteiger partial charge >= 0.3 is 0 Å². The van der Waals surface area contributed by atoms with Crippen molar-refractivity contribution < 1.29 is 0 Å². The highest BCUT2D eigenvalue weighted by Gasteiger charge is 2.27. The van der Waals surface area contributed by atoms with Gasteiger partial charge in [0, 0.05) is 17.0 Å². The summed E-state index contributed by atoms with van der Waals surface area (Å²) in [5, 5.41) is 4.84. The van der Waals surface area contributed by atoms with Gasteiger partial charge < -0.3 is 5.32 Å². The fraction of sp³-hybridized carbons (Fsp3) is 0.750. The van der Waals surface area contributed by atoms with E-state index in [4.69, 9.17) is 0 Å². The van der Waals surface area contributed by atoms with E-state index in [1.165, 1.54) is 28.4 Å². The van der Waals surface area contributed by atoms with Crippen molar-refractivity contribution in [1.29, 1.82) is 0 Å². The molecule has 0 aliphatic heterocycles. The van der Waals surface area contributed by atoms with Crippen LogP contribution >= 0.6 is 11.3 Å². The molecule has 1 aliphatic rings. The molecule has 15 heavy (non-hydrogen) atoms. The molecule has 2 nitrogen and oxygen atoms in total. The second kappa shape index (κ2) is 4.22. The fourth-order valence-electron chi connectivity index (χ4n) is 2.42. The summed E-state index contributed by atoms with van der Waals surface area (Å²) in [5.74, 6) is 0.910. The number of thiazole rings is 1. The van der Waals surface area contributed by atoms with Crippen molar-refractivity contribution in [2.24, 2.45) is 5.92 Å². The molecule has 3 heteroatoms. The molecule has 0 saturated heterocycles. The van der Waals surface area contributed by atoms with Crippen molar-refractivity contribution in [3.8, 4) is 0 Å². The first-order valence-corrected chi connectivity index (χ1v) is 6.58. The second-order valence-electron chi connectivity index (χ2n) is 4.84. The molecule has 1 N–H and O–H groups in total. The van der Waals surface area contributed by atoms with E-state index in [1.807, 2.05) is 0 Å². The molecule has 0 amide bonds. The third-order valence-electron chi connectivity index (χ3n) is 3.21. The minimum Gasteiger partial charge on any atom is -0.306 e. The van der Waals surface area contributed by atoms with Gasteiger partial charge in [-0.25, -0.2) is 4.98 Å². The molecular weight excluding hydrogens is 204 g/mol. The first-order valence-electron chi connectivity index (χ1n) is 5.76. The Kier molecular flexibility index (Phi) is 3.12. The van der Waals surface area contributed by atoms with Gasteiger partial charge in [0.15, 0.2) is 0 Å². The summed E-state index contributed by atoms with van der Waals surface area (Å²) in [6.45, 7) is 8.80. The van der Waals surface area contributed by atoms with Gasteiger partial charge in [-0.3, -0.25) is 0 Å². The molecule has 0 aromatic carbocycles. The van der Waals surface area contributed by atoms with Crippen molar-refractivity contribution in [1.82, 2.24) is 10.3 Å². The van der Waals surface area contributed by atoms with Crippen LogP contribution in [0.1, 0.15) is 48.3 Å². The highest BCUT2D eigenvalue weighted by atomic mass is 32.1. The molecule has 1 aromatic heterocycles. The lowest BCUT2D eigenvalue weighted by Crippen LogP contribution is -2.41. The number of nitrogens with one attached hydrogen (secondary N) is 1. The maximum absolute atomic E-state index is 4.60. The van der Waals surface area contributed by atoms with Crippen molar-refractivity contribution >= 4 is 11.3 Å². The average Bonchev–Trinajstić information content (AvgIpc) is 2.42. The van der Waals surface area contributed by atoms with Crippen LogP contribution < -0.4 is 5.32 Å². The van der Waals surface area contributed by atoms with Gasteiger partial charge in [-0.15, -0.1) is 11.3 Å². The van der Waals surface area contributed by atoms with Crippen LogP contribution in [0.3, 0.4) is 0 Å². The Bertz CT molecular complexity index is 339. The number of hydrogen-bond donors (Lipinski definition) is 1. The highest BCUT2D eigenvalue weighted by molar-refractivity contribution is 7.11. The quantitative estimate of drug-likeness (QED) is 0.853. The van der Waals surface area contributed by atoms with E-state index in [9.17, 15) is 0 Å². The van der Waals surface area contributed by atoms with Gasteiger partial charge in [0.1, 0.15) is 0 Å². The minimum atomic E-state index is 0.410. The van der Waals surface area contributed by atoms with Crippen LogP contribution in [0.5, 0.6) is 0 Å². The molecule has 1 atom stereocenters. The van der Waals surface area contributed by atoms with Gasteiger partial charge in [-0.05, 0) is 39.5 Å². The van der Waals surface area contributed by atoms with Gasteiger partial charge in [-0.1, -0.05) is 6.92 Å². The lowest BCUT2D eigenvalue weighted by atomic mass is 9.81. The summed E-state index contributed by atoms with van der Waals surface area (Å²) in [4.78, 5) is 5.96.